The third kappa shape index (κ3) is 2.17. The van der Waals surface area contributed by atoms with E-state index in [1.807, 2.05) is 38.1 Å². The standard InChI is InChI=1S/C15H18O3/c1-10-4-6-11(7-5-10)15(2)8-12(13(16)9-15)14(17)18-3/h4-7,12H,8-9H2,1-3H3/t12?,15-/m1/s1. The van der Waals surface area contributed by atoms with Gasteiger partial charge in [-0.2, -0.15) is 0 Å². The van der Waals surface area contributed by atoms with Gasteiger partial charge in [0.2, 0.25) is 0 Å². The summed E-state index contributed by atoms with van der Waals surface area (Å²) < 4.78 is 4.69. The molecule has 2 rings (SSSR count). The Kier molecular flexibility index (Phi) is 3.24. The van der Waals surface area contributed by atoms with E-state index in [1.54, 1.807) is 0 Å². The molecule has 0 saturated heterocycles. The highest BCUT2D eigenvalue weighted by Crippen LogP contribution is 2.42. The molecule has 0 bridgehead atoms. The van der Waals surface area contributed by atoms with E-state index >= 15 is 0 Å². The second kappa shape index (κ2) is 4.56. The predicted molar refractivity (Wildman–Crippen MR) is 68.3 cm³/mol. The van der Waals surface area contributed by atoms with E-state index in [9.17, 15) is 9.59 Å². The van der Waals surface area contributed by atoms with Crippen molar-refractivity contribution in [3.8, 4) is 0 Å². The van der Waals surface area contributed by atoms with E-state index in [4.69, 9.17) is 4.74 Å². The van der Waals surface area contributed by atoms with Crippen molar-refractivity contribution < 1.29 is 14.3 Å². The number of carbonyl (C=O) groups excluding carboxylic acids is 2. The summed E-state index contributed by atoms with van der Waals surface area (Å²) in [5.74, 6) is -1.01. The molecule has 1 saturated carbocycles. The zero-order chi connectivity index (χ0) is 13.3. The predicted octanol–water partition coefficient (Wildman–Crippen LogP) is 2.40. The molecule has 0 radical (unpaired) electrons. The Bertz CT molecular complexity index is 475. The van der Waals surface area contributed by atoms with Gasteiger partial charge in [-0.1, -0.05) is 36.8 Å². The fraction of sp³-hybridized carbons (Fsp3) is 0.467. The van der Waals surface area contributed by atoms with Crippen LogP contribution in [0.5, 0.6) is 0 Å². The molecule has 0 spiro atoms. The van der Waals surface area contributed by atoms with E-state index in [2.05, 4.69) is 0 Å². The molecule has 1 aromatic carbocycles. The van der Waals surface area contributed by atoms with Gasteiger partial charge in [0.25, 0.3) is 0 Å². The molecule has 0 aromatic heterocycles. The molecule has 1 aliphatic carbocycles. The van der Waals surface area contributed by atoms with Crippen molar-refractivity contribution in [3.63, 3.8) is 0 Å². The highest BCUT2D eigenvalue weighted by molar-refractivity contribution is 6.01. The lowest BCUT2D eigenvalue weighted by atomic mass is 9.80. The summed E-state index contributed by atoms with van der Waals surface area (Å²) >= 11 is 0. The summed E-state index contributed by atoms with van der Waals surface area (Å²) in [6.07, 6.45) is 0.956. The van der Waals surface area contributed by atoms with Crippen LogP contribution in [0.4, 0.5) is 0 Å². The lowest BCUT2D eigenvalue weighted by Gasteiger charge is -2.23. The van der Waals surface area contributed by atoms with Gasteiger partial charge in [0.15, 0.2) is 0 Å². The fourth-order valence-corrected chi connectivity index (χ4v) is 2.68. The van der Waals surface area contributed by atoms with E-state index < -0.39 is 11.9 Å². The number of esters is 1. The highest BCUT2D eigenvalue weighted by atomic mass is 16.5. The number of ketones is 1. The summed E-state index contributed by atoms with van der Waals surface area (Å²) in [6.45, 7) is 4.07. The zero-order valence-electron chi connectivity index (χ0n) is 11.0. The summed E-state index contributed by atoms with van der Waals surface area (Å²) in [5.41, 5.74) is 2.06. The number of rotatable bonds is 2. The molecule has 0 N–H and O–H groups in total. The quantitative estimate of drug-likeness (QED) is 0.594. The van der Waals surface area contributed by atoms with Gasteiger partial charge in [0.1, 0.15) is 11.7 Å². The van der Waals surface area contributed by atoms with Crippen LogP contribution in [-0.4, -0.2) is 18.9 Å². The van der Waals surface area contributed by atoms with Crippen LogP contribution in [0.15, 0.2) is 24.3 Å². The lowest BCUT2D eigenvalue weighted by Crippen LogP contribution is -2.21. The van der Waals surface area contributed by atoms with Gasteiger partial charge in [0.05, 0.1) is 7.11 Å². The smallest absolute Gasteiger partial charge is 0.316 e. The van der Waals surface area contributed by atoms with Crippen molar-refractivity contribution in [1.29, 1.82) is 0 Å². The van der Waals surface area contributed by atoms with E-state index in [-0.39, 0.29) is 11.2 Å². The van der Waals surface area contributed by atoms with Crippen molar-refractivity contribution in [2.24, 2.45) is 5.92 Å². The first-order chi connectivity index (χ1) is 8.46. The number of aryl methyl sites for hydroxylation is 1. The first-order valence-electron chi connectivity index (χ1n) is 6.14. The zero-order valence-corrected chi connectivity index (χ0v) is 11.0. The van der Waals surface area contributed by atoms with Crippen molar-refractivity contribution in [1.82, 2.24) is 0 Å². The average Bonchev–Trinajstić information content (AvgIpc) is 2.66. The molecule has 1 fully saturated rings. The van der Waals surface area contributed by atoms with Gasteiger partial charge in [-0.3, -0.25) is 9.59 Å². The van der Waals surface area contributed by atoms with E-state index in [0.717, 1.165) is 5.56 Å². The van der Waals surface area contributed by atoms with Gasteiger partial charge < -0.3 is 4.74 Å². The average molecular weight is 246 g/mol. The number of ether oxygens (including phenoxy) is 1. The van der Waals surface area contributed by atoms with Crippen LogP contribution in [0.25, 0.3) is 0 Å². The van der Waals surface area contributed by atoms with E-state index in [0.29, 0.717) is 12.8 Å². The molecule has 0 amide bonds. The van der Waals surface area contributed by atoms with Crippen LogP contribution in [0, 0.1) is 12.8 Å². The molecule has 3 nitrogen and oxygen atoms in total. The van der Waals surface area contributed by atoms with Gasteiger partial charge in [-0.15, -0.1) is 0 Å². The minimum atomic E-state index is -0.596. The molecule has 18 heavy (non-hydrogen) atoms. The molecule has 1 aromatic rings. The minimum absolute atomic E-state index is 0.00933. The van der Waals surface area contributed by atoms with Gasteiger partial charge in [-0.25, -0.2) is 0 Å². The third-order valence-corrected chi connectivity index (χ3v) is 3.84. The maximum atomic E-state index is 11.9. The van der Waals surface area contributed by atoms with Crippen LogP contribution in [0.3, 0.4) is 0 Å². The SMILES string of the molecule is COC(=O)C1C[C@@](C)(c2ccc(C)cc2)CC1=O. The molecule has 0 aliphatic heterocycles. The van der Waals surface area contributed by atoms with Crippen LogP contribution in [0.1, 0.15) is 30.9 Å². The number of hydrogen-bond donors (Lipinski definition) is 0. The number of hydrogen-bond acceptors (Lipinski definition) is 3. The van der Waals surface area contributed by atoms with Crippen LogP contribution in [0.2, 0.25) is 0 Å². The Morgan fingerprint density at radius 2 is 1.94 bits per heavy atom. The Morgan fingerprint density at radius 3 is 2.50 bits per heavy atom. The first kappa shape index (κ1) is 12.8. The Hall–Kier alpha value is -1.64. The summed E-state index contributed by atoms with van der Waals surface area (Å²) in [6, 6.07) is 8.16. The molecule has 2 atom stereocenters. The van der Waals surface area contributed by atoms with Gasteiger partial charge in [-0.05, 0) is 18.9 Å². The lowest BCUT2D eigenvalue weighted by molar-refractivity contribution is -0.148. The molecular weight excluding hydrogens is 228 g/mol. The second-order valence-electron chi connectivity index (χ2n) is 5.35. The molecule has 3 heteroatoms. The molecular formula is C15H18O3. The van der Waals surface area contributed by atoms with Crippen molar-refractivity contribution in [2.45, 2.75) is 32.1 Å². The van der Waals surface area contributed by atoms with Gasteiger partial charge >= 0.3 is 5.97 Å². The second-order valence-corrected chi connectivity index (χ2v) is 5.35. The fourth-order valence-electron chi connectivity index (χ4n) is 2.68. The number of Topliss-reactive ketones (excluding diaryl/α,β-unsaturated/α-hetero) is 1. The maximum Gasteiger partial charge on any atom is 0.316 e. The highest BCUT2D eigenvalue weighted by Gasteiger charge is 2.46. The topological polar surface area (TPSA) is 43.4 Å². The van der Waals surface area contributed by atoms with Crippen LogP contribution in [-0.2, 0) is 19.7 Å². The van der Waals surface area contributed by atoms with E-state index in [1.165, 1.54) is 12.7 Å². The van der Waals surface area contributed by atoms with Crippen LogP contribution >= 0.6 is 0 Å². The molecule has 96 valence electrons. The third-order valence-electron chi connectivity index (χ3n) is 3.84. The minimum Gasteiger partial charge on any atom is -0.468 e. The largest absolute Gasteiger partial charge is 0.468 e. The summed E-state index contributed by atoms with van der Waals surface area (Å²) in [7, 11) is 1.33. The van der Waals surface area contributed by atoms with Crippen molar-refractivity contribution >= 4 is 11.8 Å². The molecule has 1 unspecified atom stereocenters. The maximum absolute atomic E-state index is 11.9. The Morgan fingerprint density at radius 1 is 1.33 bits per heavy atom. The van der Waals surface area contributed by atoms with Crippen molar-refractivity contribution in [3.05, 3.63) is 35.4 Å². The Labute approximate surface area is 107 Å². The normalized spacial score (nSPS) is 27.3. The number of benzene rings is 1. The molecule has 0 heterocycles. The number of methoxy groups -OCH3 is 1. The van der Waals surface area contributed by atoms with Crippen LogP contribution < -0.4 is 0 Å². The summed E-state index contributed by atoms with van der Waals surface area (Å²) in [4.78, 5) is 23.5. The monoisotopic (exact) mass is 246 g/mol. The van der Waals surface area contributed by atoms with Crippen molar-refractivity contribution in [2.75, 3.05) is 7.11 Å². The molecule has 1 aliphatic rings. The Balaban J connectivity index is 2.26. The first-order valence-corrected chi connectivity index (χ1v) is 6.14. The number of carbonyl (C=O) groups is 2. The summed E-state index contributed by atoms with van der Waals surface area (Å²) in [5, 5.41) is 0. The van der Waals surface area contributed by atoms with Gasteiger partial charge in [0, 0.05) is 11.8 Å².